The SMILES string of the molecule is COC(=O)Nc1cn(CC(=O)NCc2c(C)noc2C)nn1. The van der Waals surface area contributed by atoms with Crippen molar-refractivity contribution in [1.29, 1.82) is 0 Å². The number of carbonyl (C=O) groups excluding carboxylic acids is 2. The Kier molecular flexibility index (Phi) is 4.71. The maximum absolute atomic E-state index is 11.9. The monoisotopic (exact) mass is 308 g/mol. The van der Waals surface area contributed by atoms with Crippen LogP contribution in [0.3, 0.4) is 0 Å². The topological polar surface area (TPSA) is 124 Å². The highest BCUT2D eigenvalue weighted by Crippen LogP contribution is 2.11. The molecule has 0 aliphatic heterocycles. The van der Waals surface area contributed by atoms with Gasteiger partial charge in [0.2, 0.25) is 5.91 Å². The van der Waals surface area contributed by atoms with Gasteiger partial charge in [-0.2, -0.15) is 0 Å². The van der Waals surface area contributed by atoms with Crippen LogP contribution in [0.25, 0.3) is 0 Å². The summed E-state index contributed by atoms with van der Waals surface area (Å²) in [5.74, 6) is 0.614. The molecule has 0 atom stereocenters. The fourth-order valence-corrected chi connectivity index (χ4v) is 1.73. The molecule has 2 rings (SSSR count). The fraction of sp³-hybridized carbons (Fsp3) is 0.417. The molecule has 0 aromatic carbocycles. The van der Waals surface area contributed by atoms with Crippen LogP contribution in [0.1, 0.15) is 17.0 Å². The number of carbonyl (C=O) groups is 2. The van der Waals surface area contributed by atoms with Crippen LogP contribution >= 0.6 is 0 Å². The summed E-state index contributed by atoms with van der Waals surface area (Å²) in [6.45, 7) is 3.88. The standard InChI is InChI=1S/C12H16N6O4/c1-7-9(8(2)22-16-7)4-13-11(19)6-18-5-10(15-17-18)14-12(20)21-3/h5H,4,6H2,1-3H3,(H,13,19)(H,14,20). The van der Waals surface area contributed by atoms with Gasteiger partial charge in [-0.25, -0.2) is 9.48 Å². The summed E-state index contributed by atoms with van der Waals surface area (Å²) in [5.41, 5.74) is 1.59. The Morgan fingerprint density at radius 1 is 1.41 bits per heavy atom. The lowest BCUT2D eigenvalue weighted by Crippen LogP contribution is -2.27. The number of rotatable bonds is 5. The van der Waals surface area contributed by atoms with Crippen LogP contribution in [0.4, 0.5) is 10.6 Å². The van der Waals surface area contributed by atoms with Crippen molar-refractivity contribution in [3.05, 3.63) is 23.2 Å². The Morgan fingerprint density at radius 2 is 2.18 bits per heavy atom. The molecule has 22 heavy (non-hydrogen) atoms. The van der Waals surface area contributed by atoms with Crippen LogP contribution in [-0.4, -0.2) is 39.3 Å². The molecule has 2 aromatic heterocycles. The van der Waals surface area contributed by atoms with E-state index in [1.807, 2.05) is 0 Å². The second-order valence-electron chi connectivity index (χ2n) is 4.50. The van der Waals surface area contributed by atoms with Crippen LogP contribution in [0.5, 0.6) is 0 Å². The lowest BCUT2D eigenvalue weighted by molar-refractivity contribution is -0.122. The third kappa shape index (κ3) is 3.81. The average Bonchev–Trinajstić information content (AvgIpc) is 3.04. The molecule has 0 spiro atoms. The van der Waals surface area contributed by atoms with Gasteiger partial charge in [0.05, 0.1) is 19.0 Å². The van der Waals surface area contributed by atoms with Crippen molar-refractivity contribution in [1.82, 2.24) is 25.5 Å². The summed E-state index contributed by atoms with van der Waals surface area (Å²) in [4.78, 5) is 22.9. The quantitative estimate of drug-likeness (QED) is 0.818. The van der Waals surface area contributed by atoms with Gasteiger partial charge < -0.3 is 14.6 Å². The zero-order chi connectivity index (χ0) is 16.1. The summed E-state index contributed by atoms with van der Waals surface area (Å²) in [6, 6.07) is 0. The average molecular weight is 308 g/mol. The van der Waals surface area contributed by atoms with Gasteiger partial charge in [0.25, 0.3) is 0 Å². The van der Waals surface area contributed by atoms with E-state index < -0.39 is 6.09 Å². The molecule has 10 nitrogen and oxygen atoms in total. The van der Waals surface area contributed by atoms with Crippen LogP contribution < -0.4 is 10.6 Å². The Balaban J connectivity index is 1.86. The molecular formula is C12H16N6O4. The van der Waals surface area contributed by atoms with E-state index >= 15 is 0 Å². The summed E-state index contributed by atoms with van der Waals surface area (Å²) >= 11 is 0. The van der Waals surface area contributed by atoms with Gasteiger partial charge in [-0.15, -0.1) is 5.10 Å². The number of anilines is 1. The Hall–Kier alpha value is -2.91. The molecule has 0 unspecified atom stereocenters. The molecule has 2 amide bonds. The Bertz CT molecular complexity index is 657. The van der Waals surface area contributed by atoms with Gasteiger partial charge in [0.1, 0.15) is 12.3 Å². The molecule has 10 heteroatoms. The Morgan fingerprint density at radius 3 is 2.82 bits per heavy atom. The second-order valence-corrected chi connectivity index (χ2v) is 4.50. The summed E-state index contributed by atoms with van der Waals surface area (Å²) in [5, 5.41) is 16.3. The van der Waals surface area contributed by atoms with Crippen molar-refractivity contribution >= 4 is 17.8 Å². The predicted molar refractivity (Wildman–Crippen MR) is 73.9 cm³/mol. The molecule has 0 aliphatic rings. The number of hydrogen-bond acceptors (Lipinski definition) is 7. The van der Waals surface area contributed by atoms with Crippen LogP contribution in [0.15, 0.2) is 10.7 Å². The number of aromatic nitrogens is 4. The summed E-state index contributed by atoms with van der Waals surface area (Å²) in [7, 11) is 1.24. The molecule has 0 fully saturated rings. The number of ether oxygens (including phenoxy) is 1. The van der Waals surface area contributed by atoms with Crippen molar-refractivity contribution in [2.24, 2.45) is 0 Å². The number of methoxy groups -OCH3 is 1. The van der Waals surface area contributed by atoms with E-state index in [-0.39, 0.29) is 18.3 Å². The third-order valence-electron chi connectivity index (χ3n) is 2.90. The Labute approximate surface area is 125 Å². The molecular weight excluding hydrogens is 292 g/mol. The van der Waals surface area contributed by atoms with E-state index in [4.69, 9.17) is 4.52 Å². The molecule has 0 aliphatic carbocycles. The normalized spacial score (nSPS) is 10.3. The number of nitrogens with zero attached hydrogens (tertiary/aromatic N) is 4. The third-order valence-corrected chi connectivity index (χ3v) is 2.90. The summed E-state index contributed by atoms with van der Waals surface area (Å²) < 4.78 is 10.7. The van der Waals surface area contributed by atoms with Crippen LogP contribution in [0.2, 0.25) is 0 Å². The van der Waals surface area contributed by atoms with E-state index in [9.17, 15) is 9.59 Å². The van der Waals surface area contributed by atoms with Gasteiger partial charge in [-0.05, 0) is 13.8 Å². The van der Waals surface area contributed by atoms with Gasteiger partial charge in [0.15, 0.2) is 5.82 Å². The minimum Gasteiger partial charge on any atom is -0.453 e. The van der Waals surface area contributed by atoms with E-state index in [0.717, 1.165) is 11.3 Å². The molecule has 0 saturated carbocycles. The van der Waals surface area contributed by atoms with Crippen molar-refractivity contribution in [2.75, 3.05) is 12.4 Å². The number of aryl methyl sites for hydroxylation is 2. The molecule has 2 aromatic rings. The number of nitrogens with one attached hydrogen (secondary N) is 2. The molecule has 0 radical (unpaired) electrons. The largest absolute Gasteiger partial charge is 0.453 e. The van der Waals surface area contributed by atoms with E-state index in [0.29, 0.717) is 12.3 Å². The van der Waals surface area contributed by atoms with Crippen molar-refractivity contribution < 1.29 is 18.8 Å². The second kappa shape index (κ2) is 6.70. The van der Waals surface area contributed by atoms with Crippen LogP contribution in [0, 0.1) is 13.8 Å². The first-order valence-electron chi connectivity index (χ1n) is 6.43. The maximum atomic E-state index is 11.9. The van der Waals surface area contributed by atoms with Crippen molar-refractivity contribution in [3.63, 3.8) is 0 Å². The highest BCUT2D eigenvalue weighted by Gasteiger charge is 2.12. The molecule has 0 bridgehead atoms. The van der Waals surface area contributed by atoms with Gasteiger partial charge in [0, 0.05) is 12.1 Å². The zero-order valence-corrected chi connectivity index (χ0v) is 12.4. The van der Waals surface area contributed by atoms with Crippen molar-refractivity contribution in [3.8, 4) is 0 Å². The first kappa shape index (κ1) is 15.5. The number of amides is 2. The minimum absolute atomic E-state index is 0.0285. The van der Waals surface area contributed by atoms with Crippen LogP contribution in [-0.2, 0) is 22.6 Å². The molecule has 2 N–H and O–H groups in total. The first-order valence-corrected chi connectivity index (χ1v) is 6.43. The van der Waals surface area contributed by atoms with E-state index in [2.05, 4.69) is 30.8 Å². The molecule has 0 saturated heterocycles. The van der Waals surface area contributed by atoms with Crippen molar-refractivity contribution in [2.45, 2.75) is 26.9 Å². The zero-order valence-electron chi connectivity index (χ0n) is 12.4. The highest BCUT2D eigenvalue weighted by atomic mass is 16.5. The number of hydrogen-bond donors (Lipinski definition) is 2. The maximum Gasteiger partial charge on any atom is 0.412 e. The minimum atomic E-state index is -0.657. The van der Waals surface area contributed by atoms with E-state index in [1.165, 1.54) is 18.0 Å². The summed E-state index contributed by atoms with van der Waals surface area (Å²) in [6.07, 6.45) is 0.766. The van der Waals surface area contributed by atoms with Gasteiger partial charge in [-0.3, -0.25) is 10.1 Å². The predicted octanol–water partition coefficient (Wildman–Crippen LogP) is 0.378. The van der Waals surface area contributed by atoms with Gasteiger partial charge >= 0.3 is 6.09 Å². The highest BCUT2D eigenvalue weighted by molar-refractivity contribution is 5.82. The van der Waals surface area contributed by atoms with E-state index in [1.54, 1.807) is 13.8 Å². The lowest BCUT2D eigenvalue weighted by Gasteiger charge is -2.04. The molecule has 2 heterocycles. The van der Waals surface area contributed by atoms with Gasteiger partial charge in [-0.1, -0.05) is 10.4 Å². The smallest absolute Gasteiger partial charge is 0.412 e. The first-order chi connectivity index (χ1) is 10.5. The lowest BCUT2D eigenvalue weighted by atomic mass is 10.2. The molecule has 118 valence electrons. The fourth-order valence-electron chi connectivity index (χ4n) is 1.73.